The van der Waals surface area contributed by atoms with Crippen molar-refractivity contribution >= 4 is 16.7 Å². The predicted molar refractivity (Wildman–Crippen MR) is 88.4 cm³/mol. The van der Waals surface area contributed by atoms with Crippen molar-refractivity contribution in [3.63, 3.8) is 0 Å². The number of nitrogen functional groups attached to an aromatic ring is 1. The quantitative estimate of drug-likeness (QED) is 0.735. The van der Waals surface area contributed by atoms with Crippen LogP contribution in [0.2, 0.25) is 0 Å². The number of hydrogen-bond acceptors (Lipinski definition) is 2. The largest absolute Gasteiger partial charge is 0.399 e. The van der Waals surface area contributed by atoms with Gasteiger partial charge in [-0.3, -0.25) is 0 Å². The third kappa shape index (κ3) is 2.64. The first-order chi connectivity index (χ1) is 10.2. The Labute approximate surface area is 125 Å². The van der Waals surface area contributed by atoms with Crippen LogP contribution in [0.25, 0.3) is 11.0 Å². The van der Waals surface area contributed by atoms with Crippen LogP contribution in [0, 0.1) is 6.92 Å². The van der Waals surface area contributed by atoms with E-state index in [1.165, 1.54) is 11.1 Å². The van der Waals surface area contributed by atoms with E-state index >= 15 is 0 Å². The van der Waals surface area contributed by atoms with Gasteiger partial charge in [-0.05, 0) is 42.7 Å². The SMILES string of the molecule is CCCn1c(Cc2ccc(N)c(C)c2)nc2ccccc21. The van der Waals surface area contributed by atoms with E-state index in [2.05, 4.69) is 41.8 Å². The predicted octanol–water partition coefficient (Wildman–Crippen LogP) is 3.93. The summed E-state index contributed by atoms with van der Waals surface area (Å²) in [4.78, 5) is 4.81. The lowest BCUT2D eigenvalue weighted by Gasteiger charge is -2.09. The second-order valence-corrected chi connectivity index (χ2v) is 5.54. The molecule has 3 nitrogen and oxygen atoms in total. The monoisotopic (exact) mass is 279 g/mol. The van der Waals surface area contributed by atoms with Crippen LogP contribution in [-0.2, 0) is 13.0 Å². The molecule has 0 atom stereocenters. The Morgan fingerprint density at radius 3 is 2.71 bits per heavy atom. The van der Waals surface area contributed by atoms with Crippen molar-refractivity contribution < 1.29 is 0 Å². The first-order valence-corrected chi connectivity index (χ1v) is 7.48. The highest BCUT2D eigenvalue weighted by Gasteiger charge is 2.10. The fraction of sp³-hybridized carbons (Fsp3) is 0.278. The lowest BCUT2D eigenvalue weighted by Crippen LogP contribution is -2.04. The summed E-state index contributed by atoms with van der Waals surface area (Å²) in [5, 5.41) is 0. The molecule has 0 aliphatic heterocycles. The van der Waals surface area contributed by atoms with Crippen molar-refractivity contribution in [2.45, 2.75) is 33.2 Å². The Morgan fingerprint density at radius 1 is 1.14 bits per heavy atom. The highest BCUT2D eigenvalue weighted by Crippen LogP contribution is 2.20. The molecule has 0 saturated carbocycles. The molecule has 0 bridgehead atoms. The lowest BCUT2D eigenvalue weighted by atomic mass is 10.1. The molecule has 0 unspecified atom stereocenters. The molecule has 3 aromatic rings. The summed E-state index contributed by atoms with van der Waals surface area (Å²) in [7, 11) is 0. The molecule has 1 heterocycles. The number of benzene rings is 2. The summed E-state index contributed by atoms with van der Waals surface area (Å²) in [5.41, 5.74) is 11.4. The van der Waals surface area contributed by atoms with Gasteiger partial charge in [0.2, 0.25) is 0 Å². The van der Waals surface area contributed by atoms with Gasteiger partial charge >= 0.3 is 0 Å². The average molecular weight is 279 g/mol. The molecule has 0 aliphatic carbocycles. The number of nitrogens with two attached hydrogens (primary N) is 1. The Balaban J connectivity index is 2.02. The summed E-state index contributed by atoms with van der Waals surface area (Å²) >= 11 is 0. The number of anilines is 1. The van der Waals surface area contributed by atoms with Crippen molar-refractivity contribution in [3.05, 3.63) is 59.4 Å². The minimum Gasteiger partial charge on any atom is -0.399 e. The van der Waals surface area contributed by atoms with Crippen molar-refractivity contribution in [1.29, 1.82) is 0 Å². The molecular formula is C18H21N3. The van der Waals surface area contributed by atoms with Crippen molar-refractivity contribution in [2.24, 2.45) is 0 Å². The van der Waals surface area contributed by atoms with Crippen molar-refractivity contribution in [2.75, 3.05) is 5.73 Å². The number of aromatic nitrogens is 2. The zero-order valence-corrected chi connectivity index (χ0v) is 12.6. The van der Waals surface area contributed by atoms with Gasteiger partial charge in [0.1, 0.15) is 5.82 Å². The fourth-order valence-corrected chi connectivity index (χ4v) is 2.76. The van der Waals surface area contributed by atoms with E-state index in [-0.39, 0.29) is 0 Å². The summed E-state index contributed by atoms with van der Waals surface area (Å²) in [6, 6.07) is 14.6. The zero-order valence-electron chi connectivity index (χ0n) is 12.6. The van der Waals surface area contributed by atoms with Gasteiger partial charge in [-0.15, -0.1) is 0 Å². The van der Waals surface area contributed by atoms with E-state index in [0.717, 1.165) is 42.0 Å². The third-order valence-electron chi connectivity index (χ3n) is 3.88. The Kier molecular flexibility index (Phi) is 3.65. The maximum atomic E-state index is 5.90. The molecule has 3 heteroatoms. The number of para-hydroxylation sites is 2. The van der Waals surface area contributed by atoms with Gasteiger partial charge in [0.05, 0.1) is 11.0 Å². The van der Waals surface area contributed by atoms with E-state index in [9.17, 15) is 0 Å². The number of aryl methyl sites for hydroxylation is 2. The standard InChI is InChI=1S/C18H21N3/c1-3-10-21-17-7-5-4-6-16(17)20-18(21)12-14-8-9-15(19)13(2)11-14/h4-9,11H,3,10,12,19H2,1-2H3. The fourth-order valence-electron chi connectivity index (χ4n) is 2.76. The van der Waals surface area contributed by atoms with Crippen LogP contribution in [0.1, 0.15) is 30.3 Å². The smallest absolute Gasteiger partial charge is 0.114 e. The van der Waals surface area contributed by atoms with Crippen molar-refractivity contribution in [1.82, 2.24) is 9.55 Å². The molecule has 0 amide bonds. The van der Waals surface area contributed by atoms with E-state index in [4.69, 9.17) is 10.7 Å². The summed E-state index contributed by atoms with van der Waals surface area (Å²) in [6.45, 7) is 5.25. The second kappa shape index (κ2) is 5.60. The minimum atomic E-state index is 0.843. The van der Waals surface area contributed by atoms with Crippen LogP contribution < -0.4 is 5.73 Å². The molecule has 2 aromatic carbocycles. The summed E-state index contributed by atoms with van der Waals surface area (Å²) < 4.78 is 2.33. The van der Waals surface area contributed by atoms with Crippen LogP contribution in [0.15, 0.2) is 42.5 Å². The minimum absolute atomic E-state index is 0.843. The number of imidazole rings is 1. The van der Waals surface area contributed by atoms with Gasteiger partial charge in [-0.25, -0.2) is 4.98 Å². The molecule has 0 radical (unpaired) electrons. The molecule has 2 N–H and O–H groups in total. The second-order valence-electron chi connectivity index (χ2n) is 5.54. The normalized spacial score (nSPS) is 11.1. The first kappa shape index (κ1) is 13.7. The highest BCUT2D eigenvalue weighted by atomic mass is 15.1. The topological polar surface area (TPSA) is 43.8 Å². The number of fused-ring (bicyclic) bond motifs is 1. The highest BCUT2D eigenvalue weighted by molar-refractivity contribution is 5.76. The molecule has 0 aliphatic rings. The number of hydrogen-bond donors (Lipinski definition) is 1. The van der Waals surface area contributed by atoms with E-state index in [1.807, 2.05) is 19.1 Å². The molecular weight excluding hydrogens is 258 g/mol. The lowest BCUT2D eigenvalue weighted by molar-refractivity contribution is 0.664. The molecule has 108 valence electrons. The van der Waals surface area contributed by atoms with Crippen LogP contribution in [0.3, 0.4) is 0 Å². The Morgan fingerprint density at radius 2 is 1.95 bits per heavy atom. The van der Waals surface area contributed by atoms with Gasteiger partial charge in [-0.1, -0.05) is 31.2 Å². The summed E-state index contributed by atoms with van der Waals surface area (Å²) in [5.74, 6) is 1.13. The Bertz CT molecular complexity index is 771. The molecule has 0 fully saturated rings. The van der Waals surface area contributed by atoms with Crippen LogP contribution >= 0.6 is 0 Å². The van der Waals surface area contributed by atoms with Gasteiger partial charge in [0, 0.05) is 18.7 Å². The summed E-state index contributed by atoms with van der Waals surface area (Å²) in [6.07, 6.45) is 1.95. The van der Waals surface area contributed by atoms with Gasteiger partial charge in [0.25, 0.3) is 0 Å². The third-order valence-corrected chi connectivity index (χ3v) is 3.88. The van der Waals surface area contributed by atoms with Gasteiger partial charge < -0.3 is 10.3 Å². The van der Waals surface area contributed by atoms with E-state index < -0.39 is 0 Å². The van der Waals surface area contributed by atoms with Crippen molar-refractivity contribution in [3.8, 4) is 0 Å². The van der Waals surface area contributed by atoms with E-state index in [0.29, 0.717) is 0 Å². The van der Waals surface area contributed by atoms with Gasteiger partial charge in [-0.2, -0.15) is 0 Å². The molecule has 0 spiro atoms. The maximum absolute atomic E-state index is 5.90. The van der Waals surface area contributed by atoms with Crippen LogP contribution in [0.5, 0.6) is 0 Å². The van der Waals surface area contributed by atoms with E-state index in [1.54, 1.807) is 0 Å². The molecule has 1 aromatic heterocycles. The Hall–Kier alpha value is -2.29. The average Bonchev–Trinajstić information content (AvgIpc) is 2.81. The molecule has 3 rings (SSSR count). The number of rotatable bonds is 4. The van der Waals surface area contributed by atoms with Gasteiger partial charge in [0.15, 0.2) is 0 Å². The zero-order chi connectivity index (χ0) is 14.8. The van der Waals surface area contributed by atoms with Crippen LogP contribution in [0.4, 0.5) is 5.69 Å². The molecule has 21 heavy (non-hydrogen) atoms. The van der Waals surface area contributed by atoms with Crippen LogP contribution in [-0.4, -0.2) is 9.55 Å². The number of nitrogens with zero attached hydrogens (tertiary/aromatic N) is 2. The maximum Gasteiger partial charge on any atom is 0.114 e. The molecule has 0 saturated heterocycles. The first-order valence-electron chi connectivity index (χ1n) is 7.48.